The molecule has 1 heterocycles. The zero-order valence-corrected chi connectivity index (χ0v) is 10.6. The highest BCUT2D eigenvalue weighted by Gasteiger charge is 2.29. The predicted molar refractivity (Wildman–Crippen MR) is 69.0 cm³/mol. The van der Waals surface area contributed by atoms with Gasteiger partial charge in [0, 0.05) is 17.0 Å². The second kappa shape index (κ2) is 4.14. The predicted octanol–water partition coefficient (Wildman–Crippen LogP) is 2.15. The van der Waals surface area contributed by atoms with Gasteiger partial charge in [0.25, 0.3) is 0 Å². The highest BCUT2D eigenvalue weighted by Crippen LogP contribution is 2.37. The summed E-state index contributed by atoms with van der Waals surface area (Å²) in [6, 6.07) is 5.01. The van der Waals surface area contributed by atoms with Crippen LogP contribution >= 0.6 is 11.8 Å². The molecule has 86 valence electrons. The smallest absolute Gasteiger partial charge is 0.204 e. The first kappa shape index (κ1) is 11.5. The van der Waals surface area contributed by atoms with E-state index in [4.69, 9.17) is 5.73 Å². The quantitative estimate of drug-likeness (QED) is 0.841. The molecule has 0 amide bonds. The Balaban J connectivity index is 2.49. The van der Waals surface area contributed by atoms with Crippen molar-refractivity contribution in [1.82, 2.24) is 0 Å². The fourth-order valence-corrected chi connectivity index (χ4v) is 4.29. The molecular weight excluding hydrogens is 242 g/mol. The van der Waals surface area contributed by atoms with Crippen LogP contribution in [0.3, 0.4) is 0 Å². The monoisotopic (exact) mass is 255 g/mol. The molecule has 5 heteroatoms. The summed E-state index contributed by atoms with van der Waals surface area (Å²) in [4.78, 5) is 0.812. The first-order chi connectivity index (χ1) is 7.57. The zero-order chi connectivity index (χ0) is 11.8. The molecule has 16 heavy (non-hydrogen) atoms. The third kappa shape index (κ3) is 1.74. The van der Waals surface area contributed by atoms with Gasteiger partial charge in [-0.15, -0.1) is 0 Å². The molecule has 0 spiro atoms. The van der Waals surface area contributed by atoms with Crippen LogP contribution in [0.4, 0.5) is 5.69 Å². The van der Waals surface area contributed by atoms with Gasteiger partial charge in [-0.1, -0.05) is 13.0 Å². The lowest BCUT2D eigenvalue weighted by atomic mass is 10.2. The summed E-state index contributed by atoms with van der Waals surface area (Å²) in [7, 11) is -3.28. The minimum absolute atomic E-state index is 0.346. The molecule has 0 unspecified atom stereocenters. The molecule has 0 aliphatic carbocycles. The van der Waals surface area contributed by atoms with Crippen molar-refractivity contribution in [3.8, 4) is 0 Å². The fraction of sp³-hybridized carbons (Fsp3) is 0.273. The average Bonchev–Trinajstić information content (AvgIpc) is 2.50. The van der Waals surface area contributed by atoms with Gasteiger partial charge in [0.2, 0.25) is 9.84 Å². The molecule has 0 aromatic heterocycles. The third-order valence-electron chi connectivity index (χ3n) is 2.49. The number of hydrogen-bond donors (Lipinski definition) is 1. The van der Waals surface area contributed by atoms with E-state index >= 15 is 0 Å². The lowest BCUT2D eigenvalue weighted by Crippen LogP contribution is -2.03. The van der Waals surface area contributed by atoms with Gasteiger partial charge in [-0.25, -0.2) is 8.42 Å². The van der Waals surface area contributed by atoms with E-state index in [1.807, 2.05) is 6.92 Å². The van der Waals surface area contributed by atoms with Crippen molar-refractivity contribution in [2.75, 3.05) is 17.2 Å². The van der Waals surface area contributed by atoms with Gasteiger partial charge in [0.05, 0.1) is 9.80 Å². The van der Waals surface area contributed by atoms with Gasteiger partial charge in [-0.2, -0.15) is 11.8 Å². The number of thioether (sulfide) groups is 1. The number of fused-ring (bicyclic) bond motifs is 1. The van der Waals surface area contributed by atoms with E-state index in [-0.39, 0.29) is 0 Å². The molecule has 0 atom stereocenters. The summed E-state index contributed by atoms with van der Waals surface area (Å²) >= 11 is 1.60. The number of anilines is 1. The maximum absolute atomic E-state index is 12.1. The van der Waals surface area contributed by atoms with Crippen LogP contribution in [0, 0.1) is 0 Å². The summed E-state index contributed by atoms with van der Waals surface area (Å²) in [6.45, 7) is 2.01. The van der Waals surface area contributed by atoms with Gasteiger partial charge < -0.3 is 5.73 Å². The average molecular weight is 255 g/mol. The van der Waals surface area contributed by atoms with Crippen molar-refractivity contribution >= 4 is 33.4 Å². The highest BCUT2D eigenvalue weighted by molar-refractivity contribution is 8.02. The van der Waals surface area contributed by atoms with Gasteiger partial charge in [-0.05, 0) is 24.0 Å². The van der Waals surface area contributed by atoms with E-state index in [1.165, 1.54) is 0 Å². The SMILES string of the molecule is CCSCC1=Cc2c(N)cccc2S1(=O)=O. The van der Waals surface area contributed by atoms with E-state index in [0.29, 0.717) is 26.8 Å². The highest BCUT2D eigenvalue weighted by atomic mass is 32.2. The van der Waals surface area contributed by atoms with E-state index in [9.17, 15) is 8.42 Å². The Kier molecular flexibility index (Phi) is 2.99. The number of benzene rings is 1. The molecule has 2 rings (SSSR count). The molecule has 0 saturated carbocycles. The van der Waals surface area contributed by atoms with E-state index in [1.54, 1.807) is 36.0 Å². The van der Waals surface area contributed by atoms with Crippen molar-refractivity contribution in [1.29, 1.82) is 0 Å². The van der Waals surface area contributed by atoms with Crippen molar-refractivity contribution in [3.63, 3.8) is 0 Å². The van der Waals surface area contributed by atoms with Crippen LogP contribution in [0.1, 0.15) is 12.5 Å². The van der Waals surface area contributed by atoms with E-state index < -0.39 is 9.84 Å². The third-order valence-corrected chi connectivity index (χ3v) is 5.48. The van der Waals surface area contributed by atoms with Crippen molar-refractivity contribution < 1.29 is 8.42 Å². The summed E-state index contributed by atoms with van der Waals surface area (Å²) in [6.07, 6.45) is 1.70. The Bertz CT molecular complexity index is 547. The van der Waals surface area contributed by atoms with Gasteiger partial charge in [-0.3, -0.25) is 0 Å². The summed E-state index contributed by atoms with van der Waals surface area (Å²) in [5, 5.41) is 0. The molecule has 1 aromatic carbocycles. The van der Waals surface area contributed by atoms with Crippen molar-refractivity contribution in [2.45, 2.75) is 11.8 Å². The number of nitrogens with two attached hydrogens (primary N) is 1. The fourth-order valence-electron chi connectivity index (χ4n) is 1.65. The topological polar surface area (TPSA) is 60.2 Å². The normalized spacial score (nSPS) is 16.9. The number of sulfone groups is 1. The molecule has 0 bridgehead atoms. The first-order valence-corrected chi connectivity index (χ1v) is 7.63. The zero-order valence-electron chi connectivity index (χ0n) is 8.93. The lowest BCUT2D eigenvalue weighted by Gasteiger charge is -2.03. The molecule has 1 aliphatic heterocycles. The molecule has 3 nitrogen and oxygen atoms in total. The second-order valence-electron chi connectivity index (χ2n) is 3.51. The Labute approximate surface area is 99.6 Å². The van der Waals surface area contributed by atoms with Crippen molar-refractivity contribution in [2.24, 2.45) is 0 Å². The van der Waals surface area contributed by atoms with Crippen LogP contribution in [0.15, 0.2) is 28.0 Å². The Hall–Kier alpha value is -0.940. The number of nitrogen functional groups attached to an aromatic ring is 1. The minimum atomic E-state index is -3.28. The lowest BCUT2D eigenvalue weighted by molar-refractivity contribution is 0.603. The Morgan fingerprint density at radius 3 is 2.75 bits per heavy atom. The maximum Gasteiger partial charge on any atom is 0.204 e. The van der Waals surface area contributed by atoms with Crippen LogP contribution in [0.5, 0.6) is 0 Å². The molecule has 0 fully saturated rings. The molecule has 1 aromatic rings. The van der Waals surface area contributed by atoms with Gasteiger partial charge in [0.15, 0.2) is 0 Å². The summed E-state index contributed by atoms with van der Waals surface area (Å²) in [5.74, 6) is 1.42. The molecule has 1 aliphatic rings. The van der Waals surface area contributed by atoms with Crippen LogP contribution in [-0.4, -0.2) is 19.9 Å². The minimum Gasteiger partial charge on any atom is -0.398 e. The van der Waals surface area contributed by atoms with Crippen LogP contribution < -0.4 is 5.73 Å². The Morgan fingerprint density at radius 1 is 1.38 bits per heavy atom. The van der Waals surface area contributed by atoms with Gasteiger partial charge in [0.1, 0.15) is 0 Å². The standard InChI is InChI=1S/C11H13NO2S2/c1-2-15-7-8-6-9-10(12)4-3-5-11(9)16(8,13)14/h3-6H,2,7,12H2,1H3. The van der Waals surface area contributed by atoms with Crippen LogP contribution in [0.2, 0.25) is 0 Å². The largest absolute Gasteiger partial charge is 0.398 e. The maximum atomic E-state index is 12.1. The molecule has 2 N–H and O–H groups in total. The van der Waals surface area contributed by atoms with E-state index in [0.717, 1.165) is 5.75 Å². The van der Waals surface area contributed by atoms with Crippen molar-refractivity contribution in [3.05, 3.63) is 28.7 Å². The first-order valence-electron chi connectivity index (χ1n) is 4.99. The van der Waals surface area contributed by atoms with Gasteiger partial charge >= 0.3 is 0 Å². The Morgan fingerprint density at radius 2 is 2.12 bits per heavy atom. The molecule has 0 radical (unpaired) electrons. The van der Waals surface area contributed by atoms with Crippen LogP contribution in [0.25, 0.3) is 6.08 Å². The van der Waals surface area contributed by atoms with Crippen LogP contribution in [-0.2, 0) is 9.84 Å². The number of rotatable bonds is 3. The second-order valence-corrected chi connectivity index (χ2v) is 6.76. The van der Waals surface area contributed by atoms with E-state index in [2.05, 4.69) is 0 Å². The molecule has 0 saturated heterocycles. The molecular formula is C11H13NO2S2. The summed E-state index contributed by atoms with van der Waals surface area (Å²) < 4.78 is 24.2. The number of hydrogen-bond acceptors (Lipinski definition) is 4. The summed E-state index contributed by atoms with van der Waals surface area (Å²) in [5.41, 5.74) is 6.94.